The van der Waals surface area contributed by atoms with Crippen LogP contribution in [0.5, 0.6) is 0 Å². The van der Waals surface area contributed by atoms with Crippen LogP contribution in [-0.2, 0) is 0 Å². The van der Waals surface area contributed by atoms with Gasteiger partial charge in [-0.25, -0.2) is 0 Å². The van der Waals surface area contributed by atoms with Crippen LogP contribution in [0, 0.1) is 17.8 Å². The lowest BCUT2D eigenvalue weighted by atomic mass is 10.2. The second-order valence-corrected chi connectivity index (χ2v) is 4.04. The van der Waals surface area contributed by atoms with Gasteiger partial charge < -0.3 is 0 Å². The molecule has 2 atom stereocenters. The second kappa shape index (κ2) is 1.44. The molecule has 2 aliphatic rings. The van der Waals surface area contributed by atoms with Crippen molar-refractivity contribution in [2.24, 2.45) is 17.8 Å². The molecule has 0 radical (unpaired) electrons. The zero-order valence-electron chi connectivity index (χ0n) is 5.17. The van der Waals surface area contributed by atoms with Crippen molar-refractivity contribution in [1.29, 1.82) is 0 Å². The standard InChI is InChI=1S/C7H12S/c1-4-6-2-5(8)3-7(4)6/h4-8H,2-3H2,1H3. The molecule has 0 saturated heterocycles. The normalized spacial score (nSPS) is 60.8. The van der Waals surface area contributed by atoms with Crippen molar-refractivity contribution >= 4 is 12.6 Å². The van der Waals surface area contributed by atoms with E-state index in [-0.39, 0.29) is 0 Å². The highest BCUT2D eigenvalue weighted by atomic mass is 32.1. The highest BCUT2D eigenvalue weighted by Crippen LogP contribution is 2.58. The third kappa shape index (κ3) is 0.540. The molecule has 0 aromatic rings. The Hall–Kier alpha value is 0.350. The van der Waals surface area contributed by atoms with Crippen molar-refractivity contribution in [3.63, 3.8) is 0 Å². The predicted octanol–water partition coefficient (Wildman–Crippen LogP) is 1.96. The summed E-state index contributed by atoms with van der Waals surface area (Å²) in [5.41, 5.74) is 0. The maximum absolute atomic E-state index is 4.42. The maximum Gasteiger partial charge on any atom is 0.00224 e. The van der Waals surface area contributed by atoms with Crippen LogP contribution in [0.2, 0.25) is 0 Å². The van der Waals surface area contributed by atoms with Crippen molar-refractivity contribution in [3.8, 4) is 0 Å². The third-order valence-electron chi connectivity index (χ3n) is 2.85. The molecule has 0 heterocycles. The molecular weight excluding hydrogens is 116 g/mol. The average Bonchev–Trinajstić information content (AvgIpc) is 2.29. The van der Waals surface area contributed by atoms with Gasteiger partial charge in [-0.3, -0.25) is 0 Å². The Morgan fingerprint density at radius 1 is 1.25 bits per heavy atom. The molecule has 0 aliphatic heterocycles. The highest BCUT2D eigenvalue weighted by Gasteiger charge is 2.51. The van der Waals surface area contributed by atoms with Crippen LogP contribution in [0.4, 0.5) is 0 Å². The molecule has 8 heavy (non-hydrogen) atoms. The zero-order chi connectivity index (χ0) is 5.72. The van der Waals surface area contributed by atoms with Crippen LogP contribution in [0.25, 0.3) is 0 Å². The van der Waals surface area contributed by atoms with Gasteiger partial charge in [-0.1, -0.05) is 6.92 Å². The Bertz CT molecular complexity index is 99.0. The summed E-state index contributed by atoms with van der Waals surface area (Å²) < 4.78 is 0. The van der Waals surface area contributed by atoms with Gasteiger partial charge in [0, 0.05) is 5.25 Å². The van der Waals surface area contributed by atoms with Crippen molar-refractivity contribution in [2.45, 2.75) is 25.0 Å². The Morgan fingerprint density at radius 2 is 1.75 bits per heavy atom. The maximum atomic E-state index is 4.42. The highest BCUT2D eigenvalue weighted by molar-refractivity contribution is 7.81. The van der Waals surface area contributed by atoms with E-state index in [1.165, 1.54) is 12.8 Å². The minimum absolute atomic E-state index is 0.751. The summed E-state index contributed by atoms with van der Waals surface area (Å²) in [6, 6.07) is 0. The van der Waals surface area contributed by atoms with Crippen molar-refractivity contribution < 1.29 is 0 Å². The quantitative estimate of drug-likeness (QED) is 0.474. The Labute approximate surface area is 56.1 Å². The van der Waals surface area contributed by atoms with Crippen LogP contribution < -0.4 is 0 Å². The Kier molecular flexibility index (Phi) is 0.928. The van der Waals surface area contributed by atoms with Crippen LogP contribution in [-0.4, -0.2) is 5.25 Å². The predicted molar refractivity (Wildman–Crippen MR) is 38.2 cm³/mol. The van der Waals surface area contributed by atoms with Gasteiger partial charge in [0.2, 0.25) is 0 Å². The van der Waals surface area contributed by atoms with Crippen molar-refractivity contribution in [3.05, 3.63) is 0 Å². The molecule has 0 amide bonds. The molecule has 2 fully saturated rings. The molecule has 2 saturated carbocycles. The molecule has 2 aliphatic carbocycles. The molecule has 2 rings (SSSR count). The third-order valence-corrected chi connectivity index (χ3v) is 3.27. The van der Waals surface area contributed by atoms with Crippen LogP contribution in [0.3, 0.4) is 0 Å². The molecule has 0 aromatic carbocycles. The minimum atomic E-state index is 0.751. The van der Waals surface area contributed by atoms with Crippen molar-refractivity contribution in [1.82, 2.24) is 0 Å². The first-order chi connectivity index (χ1) is 3.79. The fraction of sp³-hybridized carbons (Fsp3) is 1.00. The summed E-state index contributed by atoms with van der Waals surface area (Å²) in [4.78, 5) is 0. The first-order valence-electron chi connectivity index (χ1n) is 3.47. The van der Waals surface area contributed by atoms with E-state index in [4.69, 9.17) is 0 Å². The molecular formula is C7H12S. The summed E-state index contributed by atoms with van der Waals surface area (Å²) in [5.74, 6) is 3.22. The van der Waals surface area contributed by atoms with Gasteiger partial charge in [-0.15, -0.1) is 0 Å². The molecule has 2 unspecified atom stereocenters. The van der Waals surface area contributed by atoms with Crippen LogP contribution in [0.1, 0.15) is 19.8 Å². The molecule has 1 heteroatoms. The second-order valence-electron chi connectivity index (χ2n) is 3.31. The largest absolute Gasteiger partial charge is 0.176 e. The molecule has 0 bridgehead atoms. The van der Waals surface area contributed by atoms with Gasteiger partial charge in [0.15, 0.2) is 0 Å². The summed E-state index contributed by atoms with van der Waals surface area (Å²) >= 11 is 4.42. The summed E-state index contributed by atoms with van der Waals surface area (Å²) in [7, 11) is 0. The van der Waals surface area contributed by atoms with E-state index in [1.807, 2.05) is 0 Å². The van der Waals surface area contributed by atoms with Crippen LogP contribution >= 0.6 is 12.6 Å². The smallest absolute Gasteiger partial charge is 0.00224 e. The van der Waals surface area contributed by atoms with Gasteiger partial charge in [0.25, 0.3) is 0 Å². The lowest BCUT2D eigenvalue weighted by Crippen LogP contribution is -1.95. The Morgan fingerprint density at radius 3 is 2.12 bits per heavy atom. The number of rotatable bonds is 0. The number of fused-ring (bicyclic) bond motifs is 1. The SMILES string of the molecule is CC1C2CC(S)CC12. The zero-order valence-corrected chi connectivity index (χ0v) is 6.07. The monoisotopic (exact) mass is 128 g/mol. The summed E-state index contributed by atoms with van der Waals surface area (Å²) in [6.45, 7) is 2.37. The fourth-order valence-electron chi connectivity index (χ4n) is 2.14. The van der Waals surface area contributed by atoms with E-state index in [2.05, 4.69) is 19.6 Å². The number of thiol groups is 1. The lowest BCUT2D eigenvalue weighted by Gasteiger charge is -2.01. The molecule has 46 valence electrons. The molecule has 0 spiro atoms. The first kappa shape index (κ1) is 5.16. The van der Waals surface area contributed by atoms with E-state index in [0.29, 0.717) is 0 Å². The lowest BCUT2D eigenvalue weighted by molar-refractivity contribution is 0.642. The van der Waals surface area contributed by atoms with E-state index >= 15 is 0 Å². The first-order valence-corrected chi connectivity index (χ1v) is 3.98. The van der Waals surface area contributed by atoms with Crippen molar-refractivity contribution in [2.75, 3.05) is 0 Å². The minimum Gasteiger partial charge on any atom is -0.176 e. The van der Waals surface area contributed by atoms with Gasteiger partial charge in [0.1, 0.15) is 0 Å². The van der Waals surface area contributed by atoms with Gasteiger partial charge >= 0.3 is 0 Å². The average molecular weight is 128 g/mol. The summed E-state index contributed by atoms with van der Waals surface area (Å²) in [5, 5.41) is 0.751. The van der Waals surface area contributed by atoms with E-state index in [9.17, 15) is 0 Å². The van der Waals surface area contributed by atoms with E-state index in [1.54, 1.807) is 0 Å². The number of hydrogen-bond acceptors (Lipinski definition) is 1. The Balaban J connectivity index is 2.00. The van der Waals surface area contributed by atoms with Gasteiger partial charge in [0.05, 0.1) is 0 Å². The van der Waals surface area contributed by atoms with E-state index < -0.39 is 0 Å². The molecule has 0 N–H and O–H groups in total. The summed E-state index contributed by atoms with van der Waals surface area (Å²) in [6.07, 6.45) is 2.80. The topological polar surface area (TPSA) is 0 Å². The van der Waals surface area contributed by atoms with Gasteiger partial charge in [-0.05, 0) is 30.6 Å². The van der Waals surface area contributed by atoms with E-state index in [0.717, 1.165) is 23.0 Å². The van der Waals surface area contributed by atoms with Gasteiger partial charge in [-0.2, -0.15) is 12.6 Å². The van der Waals surface area contributed by atoms with Crippen LogP contribution in [0.15, 0.2) is 0 Å². The molecule has 0 aromatic heterocycles. The fourth-order valence-corrected chi connectivity index (χ4v) is 2.63. The number of hydrogen-bond donors (Lipinski definition) is 1. The molecule has 0 nitrogen and oxygen atoms in total.